The van der Waals surface area contributed by atoms with E-state index in [9.17, 15) is 8.78 Å². The van der Waals surface area contributed by atoms with Crippen molar-refractivity contribution in [3.8, 4) is 0 Å². The first-order valence-corrected chi connectivity index (χ1v) is 3.94. The smallest absolute Gasteiger partial charge is 0.225 e. The van der Waals surface area contributed by atoms with Gasteiger partial charge in [-0.1, -0.05) is 6.92 Å². The second kappa shape index (κ2) is 3.26. The van der Waals surface area contributed by atoms with Crippen LogP contribution in [-0.4, -0.2) is 4.98 Å². The molecule has 0 fully saturated rings. The monoisotopic (exact) mass is 221 g/mol. The Balaban J connectivity index is 3.29. The minimum atomic E-state index is -1.04. The number of rotatable bonds is 1. The summed E-state index contributed by atoms with van der Waals surface area (Å²) in [5.74, 6) is -1.90. The van der Waals surface area contributed by atoms with E-state index in [1.165, 1.54) is 6.20 Å². The van der Waals surface area contributed by atoms with E-state index in [4.69, 9.17) is 0 Å². The molecule has 1 aromatic rings. The maximum Gasteiger partial charge on any atom is 0.249 e. The van der Waals surface area contributed by atoms with Gasteiger partial charge in [0, 0.05) is 16.2 Å². The highest BCUT2D eigenvalue weighted by atomic mass is 79.9. The molecule has 1 heterocycles. The fourth-order valence-electron chi connectivity index (χ4n) is 0.801. The molecular formula is C7H6BrF2N. The lowest BCUT2D eigenvalue weighted by Crippen LogP contribution is -1.96. The summed E-state index contributed by atoms with van der Waals surface area (Å²) < 4.78 is 25.7. The molecule has 1 nitrogen and oxygen atoms in total. The zero-order valence-electron chi connectivity index (χ0n) is 5.87. The molecular weight excluding hydrogens is 216 g/mol. The molecule has 0 unspecified atom stereocenters. The minimum Gasteiger partial charge on any atom is -0.225 e. The van der Waals surface area contributed by atoms with Crippen molar-refractivity contribution >= 4 is 15.9 Å². The zero-order valence-corrected chi connectivity index (χ0v) is 7.45. The number of halogens is 3. The van der Waals surface area contributed by atoms with Gasteiger partial charge in [0.2, 0.25) is 5.95 Å². The summed E-state index contributed by atoms with van der Waals surface area (Å²) in [4.78, 5) is 3.20. The molecule has 0 saturated carbocycles. The Morgan fingerprint density at radius 3 is 2.64 bits per heavy atom. The third-order valence-corrected chi connectivity index (χ3v) is 2.06. The van der Waals surface area contributed by atoms with Gasteiger partial charge in [-0.3, -0.25) is 0 Å². The fraction of sp³-hybridized carbons (Fsp3) is 0.286. The van der Waals surface area contributed by atoms with Crippen LogP contribution in [0.4, 0.5) is 8.78 Å². The van der Waals surface area contributed by atoms with Gasteiger partial charge in [-0.2, -0.15) is 4.39 Å². The number of nitrogens with zero attached hydrogens (tertiary/aromatic N) is 1. The normalized spacial score (nSPS) is 10.2. The molecule has 4 heteroatoms. The van der Waals surface area contributed by atoms with Gasteiger partial charge in [0.15, 0.2) is 5.82 Å². The molecule has 11 heavy (non-hydrogen) atoms. The summed E-state index contributed by atoms with van der Waals surface area (Å²) in [5.41, 5.74) is 0.331. The predicted octanol–water partition coefficient (Wildman–Crippen LogP) is 2.68. The first-order valence-electron chi connectivity index (χ1n) is 3.15. The van der Waals surface area contributed by atoms with Crippen molar-refractivity contribution in [1.82, 2.24) is 4.98 Å². The van der Waals surface area contributed by atoms with Crippen LogP contribution < -0.4 is 0 Å². The lowest BCUT2D eigenvalue weighted by molar-refractivity contribution is 0.470. The third kappa shape index (κ3) is 1.56. The second-order valence-corrected chi connectivity index (χ2v) is 2.90. The molecule has 1 rings (SSSR count). The highest BCUT2D eigenvalue weighted by Crippen LogP contribution is 2.20. The van der Waals surface area contributed by atoms with Gasteiger partial charge < -0.3 is 0 Å². The summed E-state index contributed by atoms with van der Waals surface area (Å²) in [6, 6.07) is 0. The number of aromatic nitrogens is 1. The Labute approximate surface area is 71.6 Å². The van der Waals surface area contributed by atoms with Crippen LogP contribution in [0.2, 0.25) is 0 Å². The predicted molar refractivity (Wildman–Crippen MR) is 41.2 cm³/mol. The Morgan fingerprint density at radius 2 is 2.18 bits per heavy atom. The van der Waals surface area contributed by atoms with E-state index in [1.54, 1.807) is 6.92 Å². The molecule has 0 aliphatic rings. The van der Waals surface area contributed by atoms with Crippen LogP contribution in [0.3, 0.4) is 0 Å². The standard InChI is InChI=1S/C7H6BrF2N/c1-2-4-5(8)3-11-7(10)6(4)9/h3H,2H2,1H3. The first kappa shape index (κ1) is 8.59. The summed E-state index contributed by atoms with van der Waals surface area (Å²) in [6.45, 7) is 1.75. The zero-order chi connectivity index (χ0) is 8.43. The molecule has 60 valence electrons. The van der Waals surface area contributed by atoms with Crippen molar-refractivity contribution in [2.75, 3.05) is 0 Å². The summed E-state index contributed by atoms with van der Waals surface area (Å²) in [5, 5.41) is 0. The molecule has 0 aliphatic heterocycles. The van der Waals surface area contributed by atoms with Crippen molar-refractivity contribution in [3.63, 3.8) is 0 Å². The Bertz CT molecular complexity index is 275. The van der Waals surface area contributed by atoms with Crippen molar-refractivity contribution in [2.45, 2.75) is 13.3 Å². The van der Waals surface area contributed by atoms with Crippen LogP contribution in [0.25, 0.3) is 0 Å². The van der Waals surface area contributed by atoms with Gasteiger partial charge in [0.05, 0.1) is 0 Å². The fourth-order valence-corrected chi connectivity index (χ4v) is 1.36. The van der Waals surface area contributed by atoms with Crippen LogP contribution in [-0.2, 0) is 6.42 Å². The van der Waals surface area contributed by atoms with Gasteiger partial charge in [-0.25, -0.2) is 9.37 Å². The van der Waals surface area contributed by atoms with Crippen molar-refractivity contribution < 1.29 is 8.78 Å². The second-order valence-electron chi connectivity index (χ2n) is 2.04. The lowest BCUT2D eigenvalue weighted by Gasteiger charge is -2.01. The number of pyridine rings is 1. The Kier molecular flexibility index (Phi) is 2.54. The molecule has 0 aliphatic carbocycles. The quantitative estimate of drug-likeness (QED) is 0.665. The molecule has 0 aromatic carbocycles. The number of hydrogen-bond acceptors (Lipinski definition) is 1. The van der Waals surface area contributed by atoms with E-state index in [0.717, 1.165) is 0 Å². The third-order valence-electron chi connectivity index (χ3n) is 1.38. The molecule has 0 radical (unpaired) electrons. The van der Waals surface area contributed by atoms with E-state index >= 15 is 0 Å². The maximum absolute atomic E-state index is 12.8. The van der Waals surface area contributed by atoms with Crippen LogP contribution in [0.5, 0.6) is 0 Å². The molecule has 0 saturated heterocycles. The SMILES string of the molecule is CCc1c(Br)cnc(F)c1F. The maximum atomic E-state index is 12.8. The van der Waals surface area contributed by atoms with Crippen molar-refractivity contribution in [1.29, 1.82) is 0 Å². The van der Waals surface area contributed by atoms with Crippen molar-refractivity contribution in [3.05, 3.63) is 28.0 Å². The first-order chi connectivity index (χ1) is 5.16. The molecule has 0 bridgehead atoms. The van der Waals surface area contributed by atoms with E-state index in [-0.39, 0.29) is 0 Å². The van der Waals surface area contributed by atoms with Gasteiger partial charge in [0.1, 0.15) is 0 Å². The highest BCUT2D eigenvalue weighted by Gasteiger charge is 2.10. The van der Waals surface area contributed by atoms with Gasteiger partial charge in [-0.15, -0.1) is 0 Å². The van der Waals surface area contributed by atoms with Crippen LogP contribution >= 0.6 is 15.9 Å². The summed E-state index contributed by atoms with van der Waals surface area (Å²) in [6.07, 6.45) is 1.71. The van der Waals surface area contributed by atoms with E-state index < -0.39 is 11.8 Å². The molecule has 0 spiro atoms. The topological polar surface area (TPSA) is 12.9 Å². The number of hydrogen-bond donors (Lipinski definition) is 0. The molecule has 0 N–H and O–H groups in total. The van der Waals surface area contributed by atoms with E-state index in [1.807, 2.05) is 0 Å². The van der Waals surface area contributed by atoms with E-state index in [2.05, 4.69) is 20.9 Å². The average molecular weight is 222 g/mol. The summed E-state index contributed by atoms with van der Waals surface area (Å²) in [7, 11) is 0. The molecule has 1 aromatic heterocycles. The lowest BCUT2D eigenvalue weighted by atomic mass is 10.2. The van der Waals surface area contributed by atoms with Gasteiger partial charge in [0.25, 0.3) is 0 Å². The Morgan fingerprint density at radius 1 is 1.55 bits per heavy atom. The van der Waals surface area contributed by atoms with Gasteiger partial charge >= 0.3 is 0 Å². The Hall–Kier alpha value is -0.510. The van der Waals surface area contributed by atoms with E-state index in [0.29, 0.717) is 16.5 Å². The van der Waals surface area contributed by atoms with Crippen LogP contribution in [0.1, 0.15) is 12.5 Å². The summed E-state index contributed by atoms with van der Waals surface area (Å²) >= 11 is 3.07. The van der Waals surface area contributed by atoms with Gasteiger partial charge in [-0.05, 0) is 22.4 Å². The average Bonchev–Trinajstić information content (AvgIpc) is 1.99. The van der Waals surface area contributed by atoms with Crippen LogP contribution in [0.15, 0.2) is 10.7 Å². The molecule has 0 atom stereocenters. The molecule has 0 amide bonds. The van der Waals surface area contributed by atoms with Crippen LogP contribution in [0, 0.1) is 11.8 Å². The minimum absolute atomic E-state index is 0.331. The van der Waals surface area contributed by atoms with Crippen molar-refractivity contribution in [2.24, 2.45) is 0 Å². The highest BCUT2D eigenvalue weighted by molar-refractivity contribution is 9.10. The largest absolute Gasteiger partial charge is 0.249 e.